The van der Waals surface area contributed by atoms with Crippen molar-refractivity contribution in [1.82, 2.24) is 30.1 Å². The lowest BCUT2D eigenvalue weighted by atomic mass is 9.93. The highest BCUT2D eigenvalue weighted by atomic mass is 16.6. The van der Waals surface area contributed by atoms with Crippen LogP contribution in [0.15, 0.2) is 22.8 Å². The molecule has 0 aliphatic carbocycles. The predicted octanol–water partition coefficient (Wildman–Crippen LogP) is 2.46. The summed E-state index contributed by atoms with van der Waals surface area (Å²) >= 11 is 0. The maximum Gasteiger partial charge on any atom is 0.253 e. The Morgan fingerprint density at radius 3 is 2.90 bits per heavy atom. The van der Waals surface area contributed by atoms with Crippen LogP contribution >= 0.6 is 0 Å². The second-order valence-electron chi connectivity index (χ2n) is 8.06. The molecule has 0 saturated carbocycles. The van der Waals surface area contributed by atoms with E-state index in [0.717, 1.165) is 29.7 Å². The summed E-state index contributed by atoms with van der Waals surface area (Å²) in [6.07, 6.45) is 2.24. The van der Waals surface area contributed by atoms with Crippen molar-refractivity contribution in [2.24, 2.45) is 5.92 Å². The number of piperidine rings is 1. The lowest BCUT2D eigenvalue weighted by Crippen LogP contribution is -2.41. The highest BCUT2D eigenvalue weighted by Crippen LogP contribution is 2.23. The van der Waals surface area contributed by atoms with Crippen molar-refractivity contribution in [1.29, 1.82) is 0 Å². The van der Waals surface area contributed by atoms with Crippen LogP contribution in [-0.2, 0) is 11.3 Å². The van der Waals surface area contributed by atoms with Gasteiger partial charge in [0.25, 0.3) is 5.91 Å². The van der Waals surface area contributed by atoms with Gasteiger partial charge in [0.05, 0.1) is 17.6 Å². The van der Waals surface area contributed by atoms with Crippen molar-refractivity contribution in [2.75, 3.05) is 20.1 Å². The third-order valence-corrected chi connectivity index (χ3v) is 5.68. The predicted molar refractivity (Wildman–Crippen MR) is 110 cm³/mol. The zero-order valence-electron chi connectivity index (χ0n) is 17.5. The van der Waals surface area contributed by atoms with Crippen molar-refractivity contribution >= 4 is 22.8 Å². The highest BCUT2D eigenvalue weighted by Gasteiger charge is 2.27. The molecule has 1 saturated heterocycles. The molecule has 9 heteroatoms. The minimum absolute atomic E-state index is 0.000970. The average Bonchev–Trinajstić information content (AvgIpc) is 3.31. The normalized spacial score (nSPS) is 16.8. The largest absolute Gasteiger partial charge is 0.342 e. The van der Waals surface area contributed by atoms with Gasteiger partial charge in [0, 0.05) is 32.1 Å². The molecule has 1 N–H and O–H groups in total. The first-order valence-electron chi connectivity index (χ1n) is 10.2. The van der Waals surface area contributed by atoms with Gasteiger partial charge in [0.1, 0.15) is 17.2 Å². The number of hydrogen-bond acceptors (Lipinski definition) is 6. The smallest absolute Gasteiger partial charge is 0.253 e. The SMILES string of the molecule is Cc1nc2ccc(C(=O)N3CCCC(CC(=O)N(C)Cc4nonc4C)C3)cc2[nH]1. The van der Waals surface area contributed by atoms with Crippen LogP contribution in [0.25, 0.3) is 11.0 Å². The Labute approximate surface area is 174 Å². The first kappa shape index (κ1) is 20.1. The van der Waals surface area contributed by atoms with E-state index in [1.165, 1.54) is 0 Å². The van der Waals surface area contributed by atoms with Crippen LogP contribution in [0.3, 0.4) is 0 Å². The molecule has 1 aliphatic rings. The lowest BCUT2D eigenvalue weighted by molar-refractivity contribution is -0.131. The molecule has 4 rings (SSSR count). The Kier molecular flexibility index (Phi) is 5.52. The van der Waals surface area contributed by atoms with Gasteiger partial charge in [-0.05, 0) is 50.8 Å². The van der Waals surface area contributed by atoms with Crippen LogP contribution in [-0.4, -0.2) is 62.0 Å². The van der Waals surface area contributed by atoms with Gasteiger partial charge in [-0.15, -0.1) is 0 Å². The number of H-pyrrole nitrogens is 1. The molecule has 2 amide bonds. The quantitative estimate of drug-likeness (QED) is 0.692. The Morgan fingerprint density at radius 2 is 2.13 bits per heavy atom. The van der Waals surface area contributed by atoms with Crippen LogP contribution in [0.5, 0.6) is 0 Å². The number of carbonyl (C=O) groups excluding carboxylic acids is 2. The van der Waals surface area contributed by atoms with Crippen molar-refractivity contribution in [2.45, 2.75) is 39.7 Å². The van der Waals surface area contributed by atoms with E-state index in [2.05, 4.69) is 20.3 Å². The molecule has 0 bridgehead atoms. The number of benzene rings is 1. The summed E-state index contributed by atoms with van der Waals surface area (Å²) in [6.45, 7) is 5.36. The zero-order chi connectivity index (χ0) is 21.3. The van der Waals surface area contributed by atoms with Crippen molar-refractivity contribution in [3.63, 3.8) is 0 Å². The Balaban J connectivity index is 1.37. The van der Waals surface area contributed by atoms with Gasteiger partial charge in [-0.3, -0.25) is 9.59 Å². The number of aryl methyl sites for hydroxylation is 2. The van der Waals surface area contributed by atoms with Gasteiger partial charge in [-0.25, -0.2) is 9.61 Å². The maximum absolute atomic E-state index is 13.0. The van der Waals surface area contributed by atoms with E-state index >= 15 is 0 Å². The maximum atomic E-state index is 13.0. The summed E-state index contributed by atoms with van der Waals surface area (Å²) < 4.78 is 4.70. The van der Waals surface area contributed by atoms with Gasteiger partial charge >= 0.3 is 0 Å². The molecular weight excluding hydrogens is 384 g/mol. The average molecular weight is 410 g/mol. The van der Waals surface area contributed by atoms with Crippen LogP contribution in [0.1, 0.15) is 46.8 Å². The minimum atomic E-state index is -0.000970. The summed E-state index contributed by atoms with van der Waals surface area (Å²) in [6, 6.07) is 5.54. The molecule has 1 atom stereocenters. The van der Waals surface area contributed by atoms with Gasteiger partial charge in [0.2, 0.25) is 5.91 Å². The number of fused-ring (bicyclic) bond motifs is 1. The van der Waals surface area contributed by atoms with E-state index in [4.69, 9.17) is 4.63 Å². The number of carbonyl (C=O) groups is 2. The van der Waals surface area contributed by atoms with Gasteiger partial charge in [-0.2, -0.15) is 0 Å². The molecule has 2 aromatic heterocycles. The number of rotatable bonds is 5. The topological polar surface area (TPSA) is 108 Å². The highest BCUT2D eigenvalue weighted by molar-refractivity contribution is 5.97. The van der Waals surface area contributed by atoms with Crippen LogP contribution < -0.4 is 0 Å². The molecular formula is C21H26N6O3. The Hall–Kier alpha value is -3.23. The molecule has 3 aromatic rings. The summed E-state index contributed by atoms with van der Waals surface area (Å²) in [5, 5.41) is 7.59. The molecule has 0 radical (unpaired) electrons. The number of aromatic amines is 1. The molecule has 1 aromatic carbocycles. The van der Waals surface area contributed by atoms with Gasteiger partial charge in [0.15, 0.2) is 0 Å². The van der Waals surface area contributed by atoms with E-state index in [0.29, 0.717) is 43.0 Å². The van der Waals surface area contributed by atoms with Crippen molar-refractivity contribution < 1.29 is 14.2 Å². The number of amides is 2. The Morgan fingerprint density at radius 1 is 1.30 bits per heavy atom. The lowest BCUT2D eigenvalue weighted by Gasteiger charge is -2.33. The zero-order valence-corrected chi connectivity index (χ0v) is 17.5. The fourth-order valence-corrected chi connectivity index (χ4v) is 3.98. The minimum Gasteiger partial charge on any atom is -0.342 e. The van der Waals surface area contributed by atoms with E-state index in [9.17, 15) is 9.59 Å². The summed E-state index contributed by atoms with van der Waals surface area (Å²) in [5.74, 6) is 1.00. The number of hydrogen-bond donors (Lipinski definition) is 1. The first-order valence-corrected chi connectivity index (χ1v) is 10.2. The third kappa shape index (κ3) is 4.19. The third-order valence-electron chi connectivity index (χ3n) is 5.68. The summed E-state index contributed by atoms with van der Waals surface area (Å²) in [7, 11) is 1.75. The molecule has 0 spiro atoms. The number of imidazole rings is 1. The molecule has 1 fully saturated rings. The number of aromatic nitrogens is 4. The van der Waals surface area contributed by atoms with E-state index in [-0.39, 0.29) is 17.7 Å². The monoisotopic (exact) mass is 410 g/mol. The van der Waals surface area contributed by atoms with Crippen LogP contribution in [0.2, 0.25) is 0 Å². The number of nitrogens with one attached hydrogen (secondary N) is 1. The van der Waals surface area contributed by atoms with E-state index in [1.807, 2.05) is 30.0 Å². The fraction of sp³-hybridized carbons (Fsp3) is 0.476. The van der Waals surface area contributed by atoms with Gasteiger partial charge < -0.3 is 14.8 Å². The molecule has 1 aliphatic heterocycles. The molecule has 9 nitrogen and oxygen atoms in total. The Bertz CT molecular complexity index is 1070. The second-order valence-corrected chi connectivity index (χ2v) is 8.06. The van der Waals surface area contributed by atoms with Crippen LogP contribution in [0.4, 0.5) is 0 Å². The fourth-order valence-electron chi connectivity index (χ4n) is 3.98. The van der Waals surface area contributed by atoms with E-state index < -0.39 is 0 Å². The molecule has 1 unspecified atom stereocenters. The summed E-state index contributed by atoms with van der Waals surface area (Å²) in [5.41, 5.74) is 3.71. The molecule has 30 heavy (non-hydrogen) atoms. The van der Waals surface area contributed by atoms with Gasteiger partial charge in [-0.1, -0.05) is 10.3 Å². The number of likely N-dealkylation sites (tertiary alicyclic amines) is 1. The van der Waals surface area contributed by atoms with Crippen LogP contribution in [0, 0.1) is 19.8 Å². The molecule has 3 heterocycles. The number of nitrogens with zero attached hydrogens (tertiary/aromatic N) is 5. The standard InChI is InChI=1S/C21H26N6O3/c1-13-19(25-30-24-13)12-26(3)20(28)9-15-5-4-8-27(11-15)21(29)16-6-7-17-18(10-16)23-14(2)22-17/h6-7,10,15H,4-5,8-9,11-12H2,1-3H3,(H,22,23). The first-order chi connectivity index (χ1) is 14.4. The van der Waals surface area contributed by atoms with Crippen molar-refractivity contribution in [3.8, 4) is 0 Å². The van der Waals surface area contributed by atoms with Crippen molar-refractivity contribution in [3.05, 3.63) is 41.0 Å². The summed E-state index contributed by atoms with van der Waals surface area (Å²) in [4.78, 5) is 36.8. The second kappa shape index (κ2) is 8.25. The molecule has 158 valence electrons. The van der Waals surface area contributed by atoms with E-state index in [1.54, 1.807) is 18.9 Å².